The van der Waals surface area contributed by atoms with Gasteiger partial charge in [-0.15, -0.1) is 0 Å². The zero-order valence-electron chi connectivity index (χ0n) is 24.8. The minimum absolute atomic E-state index is 0.148. The minimum Gasteiger partial charge on any atom is -0.393 e. The second-order valence-electron chi connectivity index (χ2n) is 11.9. The quantitative estimate of drug-likeness (QED) is 0.332. The van der Waals surface area contributed by atoms with Crippen LogP contribution in [0.2, 0.25) is 0 Å². The first-order valence-electron chi connectivity index (χ1n) is 14.9. The molecule has 1 saturated heterocycles. The Kier molecular flexibility index (Phi) is 8.23. The first-order valence-corrected chi connectivity index (χ1v) is 14.9. The van der Waals surface area contributed by atoms with Crippen molar-refractivity contribution in [1.82, 2.24) is 34.1 Å². The number of imidazole rings is 1. The van der Waals surface area contributed by atoms with E-state index in [1.165, 1.54) is 5.69 Å². The summed E-state index contributed by atoms with van der Waals surface area (Å²) in [6.45, 7) is 6.20. The number of pyridine rings is 1. The summed E-state index contributed by atoms with van der Waals surface area (Å²) >= 11 is 0. The van der Waals surface area contributed by atoms with Crippen molar-refractivity contribution >= 4 is 28.6 Å². The second-order valence-corrected chi connectivity index (χ2v) is 11.9. The molecule has 2 fully saturated rings. The van der Waals surface area contributed by atoms with Crippen molar-refractivity contribution in [3.8, 4) is 11.3 Å². The lowest BCUT2D eigenvalue weighted by atomic mass is 9.93. The largest absolute Gasteiger partial charge is 0.393 e. The van der Waals surface area contributed by atoms with Gasteiger partial charge in [0.1, 0.15) is 0 Å². The van der Waals surface area contributed by atoms with Crippen LogP contribution in [0.5, 0.6) is 0 Å². The van der Waals surface area contributed by atoms with Gasteiger partial charge in [-0.05, 0) is 70.1 Å². The number of fused-ring (bicyclic) bond motifs is 1. The maximum absolute atomic E-state index is 13.5. The Hall–Kier alpha value is -3.80. The topological polar surface area (TPSA) is 108 Å². The van der Waals surface area contributed by atoms with E-state index in [2.05, 4.69) is 67.0 Å². The van der Waals surface area contributed by atoms with Gasteiger partial charge in [0.05, 0.1) is 29.0 Å². The summed E-state index contributed by atoms with van der Waals surface area (Å²) < 4.78 is 3.91. The third-order valence-corrected chi connectivity index (χ3v) is 8.55. The summed E-state index contributed by atoms with van der Waals surface area (Å²) in [7, 11) is 6.09. The Labute approximate surface area is 246 Å². The monoisotopic (exact) mass is 571 g/mol. The fourth-order valence-electron chi connectivity index (χ4n) is 6.08. The molecule has 222 valence electrons. The number of benzene rings is 1. The van der Waals surface area contributed by atoms with Gasteiger partial charge in [0.25, 0.3) is 5.91 Å². The van der Waals surface area contributed by atoms with Gasteiger partial charge >= 0.3 is 0 Å². The van der Waals surface area contributed by atoms with Crippen LogP contribution in [0.15, 0.2) is 48.9 Å². The summed E-state index contributed by atoms with van der Waals surface area (Å²) in [5, 5.41) is 17.5. The number of piperazine rings is 1. The van der Waals surface area contributed by atoms with E-state index in [1.807, 2.05) is 13.2 Å². The van der Waals surface area contributed by atoms with Crippen LogP contribution >= 0.6 is 0 Å². The van der Waals surface area contributed by atoms with Gasteiger partial charge in [-0.25, -0.2) is 4.98 Å². The van der Waals surface area contributed by atoms with Crippen molar-refractivity contribution in [3.05, 3.63) is 54.5 Å². The Morgan fingerprint density at radius 2 is 1.86 bits per heavy atom. The third kappa shape index (κ3) is 6.18. The molecule has 0 atom stereocenters. The van der Waals surface area contributed by atoms with Gasteiger partial charge in [-0.2, -0.15) is 5.10 Å². The van der Waals surface area contributed by atoms with Crippen LogP contribution in [-0.4, -0.2) is 105 Å². The Balaban J connectivity index is 1.27. The molecule has 1 aliphatic carbocycles. The highest BCUT2D eigenvalue weighted by atomic mass is 16.3. The van der Waals surface area contributed by atoms with Gasteiger partial charge in [-0.1, -0.05) is 0 Å². The third-order valence-electron chi connectivity index (χ3n) is 8.55. The molecule has 1 saturated carbocycles. The molecule has 0 bridgehead atoms. The predicted molar refractivity (Wildman–Crippen MR) is 165 cm³/mol. The van der Waals surface area contributed by atoms with Crippen LogP contribution < -0.4 is 10.2 Å². The maximum atomic E-state index is 13.5. The highest BCUT2D eigenvalue weighted by molar-refractivity contribution is 6.04. The Morgan fingerprint density at radius 1 is 1.07 bits per heavy atom. The smallest absolute Gasteiger partial charge is 0.258 e. The van der Waals surface area contributed by atoms with Crippen molar-refractivity contribution < 1.29 is 9.90 Å². The summed E-state index contributed by atoms with van der Waals surface area (Å²) in [4.78, 5) is 30.1. The van der Waals surface area contributed by atoms with E-state index < -0.39 is 0 Å². The molecular weight excluding hydrogens is 530 g/mol. The maximum Gasteiger partial charge on any atom is 0.258 e. The molecule has 42 heavy (non-hydrogen) atoms. The molecule has 3 aromatic heterocycles. The lowest BCUT2D eigenvalue weighted by molar-refractivity contribution is 0.102. The molecule has 2 N–H and O–H groups in total. The lowest BCUT2D eigenvalue weighted by Gasteiger charge is -2.36. The van der Waals surface area contributed by atoms with Crippen molar-refractivity contribution in [2.24, 2.45) is 7.05 Å². The van der Waals surface area contributed by atoms with E-state index in [-0.39, 0.29) is 18.1 Å². The molecular formula is C31H41N9O2. The molecule has 11 nitrogen and oxygen atoms in total. The van der Waals surface area contributed by atoms with Gasteiger partial charge in [0.15, 0.2) is 0 Å². The molecule has 2 aliphatic rings. The molecule has 4 aromatic rings. The van der Waals surface area contributed by atoms with E-state index in [4.69, 9.17) is 4.98 Å². The zero-order valence-corrected chi connectivity index (χ0v) is 24.8. The van der Waals surface area contributed by atoms with Gasteiger partial charge in [0, 0.05) is 81.6 Å². The molecule has 0 spiro atoms. The first kappa shape index (κ1) is 28.3. The van der Waals surface area contributed by atoms with Crippen LogP contribution in [0, 0.1) is 0 Å². The van der Waals surface area contributed by atoms with Crippen molar-refractivity contribution in [3.63, 3.8) is 0 Å². The number of hydrogen-bond acceptors (Lipinski definition) is 8. The standard InChI is InChI=1S/C31H41N9O2/c1-36(2)12-13-38-14-16-39(17-15-38)25-6-9-27-29(19-25)40(24-4-7-26(41)8-5-24)31(34-27)35-30(42)22-10-11-32-28(18-22)23-20-33-37(3)21-23/h6,9-11,18-21,24,26,41H,4-5,7-8,12-17H2,1-3H3,(H,34,35,42). The van der Waals surface area contributed by atoms with Crippen LogP contribution in [0.1, 0.15) is 42.1 Å². The fourth-order valence-corrected chi connectivity index (χ4v) is 6.08. The molecule has 1 aliphatic heterocycles. The first-order chi connectivity index (χ1) is 20.3. The molecule has 1 aromatic carbocycles. The number of aryl methyl sites for hydroxylation is 1. The number of anilines is 2. The van der Waals surface area contributed by atoms with Crippen LogP contribution in [0.25, 0.3) is 22.3 Å². The summed E-state index contributed by atoms with van der Waals surface area (Å²) in [5.74, 6) is 0.311. The number of aliphatic hydroxyl groups is 1. The average molecular weight is 572 g/mol. The Morgan fingerprint density at radius 3 is 2.57 bits per heavy atom. The van der Waals surface area contributed by atoms with Crippen LogP contribution in [0.4, 0.5) is 11.6 Å². The van der Waals surface area contributed by atoms with Crippen LogP contribution in [-0.2, 0) is 7.05 Å². The number of amides is 1. The SMILES string of the molecule is CN(C)CCN1CCN(c2ccc3nc(NC(=O)c4ccnc(-c5cnn(C)c5)c4)n(C4CCC(O)CC4)c3c2)CC1. The minimum atomic E-state index is -0.267. The highest BCUT2D eigenvalue weighted by Gasteiger charge is 2.27. The van der Waals surface area contributed by atoms with E-state index in [0.717, 1.165) is 81.5 Å². The van der Waals surface area contributed by atoms with Crippen LogP contribution in [0.3, 0.4) is 0 Å². The molecule has 0 radical (unpaired) electrons. The molecule has 6 rings (SSSR count). The number of likely N-dealkylation sites (N-methyl/N-ethyl adjacent to an activating group) is 1. The number of nitrogens with zero attached hydrogens (tertiary/aromatic N) is 8. The van der Waals surface area contributed by atoms with Crippen molar-refractivity contribution in [2.45, 2.75) is 37.8 Å². The number of carbonyl (C=O) groups is 1. The van der Waals surface area contributed by atoms with E-state index in [0.29, 0.717) is 17.2 Å². The van der Waals surface area contributed by atoms with Crippen molar-refractivity contribution in [2.75, 3.05) is 63.6 Å². The molecule has 0 unspecified atom stereocenters. The number of rotatable bonds is 8. The normalized spacial score (nSPS) is 20.0. The van der Waals surface area contributed by atoms with E-state index >= 15 is 0 Å². The van der Waals surface area contributed by atoms with Gasteiger partial charge in [-0.3, -0.25) is 24.7 Å². The van der Waals surface area contributed by atoms with Crippen molar-refractivity contribution in [1.29, 1.82) is 0 Å². The number of aromatic nitrogens is 5. The lowest BCUT2D eigenvalue weighted by Crippen LogP contribution is -2.48. The highest BCUT2D eigenvalue weighted by Crippen LogP contribution is 2.36. The summed E-state index contributed by atoms with van der Waals surface area (Å²) in [6, 6.07) is 10.1. The average Bonchev–Trinajstić information content (AvgIpc) is 3.59. The molecule has 11 heteroatoms. The molecule has 1 amide bonds. The number of carbonyl (C=O) groups excluding carboxylic acids is 1. The number of nitrogens with one attached hydrogen (secondary N) is 1. The zero-order chi connectivity index (χ0) is 29.2. The summed E-state index contributed by atoms with van der Waals surface area (Å²) in [5.41, 5.74) is 5.11. The Bertz CT molecular complexity index is 1530. The van der Waals surface area contributed by atoms with E-state index in [9.17, 15) is 9.90 Å². The second kappa shape index (κ2) is 12.2. The fraction of sp³-hybridized carbons (Fsp3) is 0.484. The van der Waals surface area contributed by atoms with Gasteiger partial charge in [0.2, 0.25) is 5.95 Å². The summed E-state index contributed by atoms with van der Waals surface area (Å²) in [6.07, 6.45) is 8.15. The van der Waals surface area contributed by atoms with E-state index in [1.54, 1.807) is 29.2 Å². The van der Waals surface area contributed by atoms with Gasteiger partial charge < -0.3 is 19.5 Å². The predicted octanol–water partition coefficient (Wildman–Crippen LogP) is 3.24. The molecule has 4 heterocycles. The number of hydrogen-bond donors (Lipinski definition) is 2. The number of aliphatic hydroxyl groups excluding tert-OH is 1.